The fraction of sp³-hybridized carbons (Fsp3) is 0.429. The number of rotatable bonds is 5. The average molecular weight is 369 g/mol. The van der Waals surface area contributed by atoms with E-state index in [1.807, 2.05) is 64.1 Å². The molecule has 27 heavy (non-hydrogen) atoms. The van der Waals surface area contributed by atoms with E-state index in [0.717, 1.165) is 17.7 Å². The quantitative estimate of drug-likeness (QED) is 0.813. The first-order chi connectivity index (χ1) is 13.1. The second-order valence-electron chi connectivity index (χ2n) is 6.94. The number of ether oxygens (including phenoxy) is 1. The third-order valence-electron chi connectivity index (χ3n) is 4.98. The van der Waals surface area contributed by atoms with Gasteiger partial charge in [-0.15, -0.1) is 0 Å². The Balaban J connectivity index is 1.52. The zero-order valence-corrected chi connectivity index (χ0v) is 16.1. The predicted molar refractivity (Wildman–Crippen MR) is 104 cm³/mol. The Hall–Kier alpha value is -2.76. The number of carbonyl (C=O) groups excluding carboxylic acids is 2. The van der Waals surface area contributed by atoms with Crippen LogP contribution >= 0.6 is 0 Å². The standard InChI is InChI=1S/C21H27N3O3/c1-22-12-9-18(16-22)21(26)24-11-4-10-23(13-14-24)20(25)8-7-17-5-3-6-19(15-17)27-2/h3,5-6,9,12,15-16H,4,7-8,10-11,13-14H2,1-2H3. The first kappa shape index (κ1) is 19.0. The summed E-state index contributed by atoms with van der Waals surface area (Å²) in [6, 6.07) is 9.66. The van der Waals surface area contributed by atoms with Crippen molar-refractivity contribution in [2.24, 2.45) is 7.05 Å². The van der Waals surface area contributed by atoms with Crippen LogP contribution in [0.5, 0.6) is 5.75 Å². The van der Waals surface area contributed by atoms with E-state index in [4.69, 9.17) is 4.74 Å². The van der Waals surface area contributed by atoms with Crippen LogP contribution in [0.4, 0.5) is 0 Å². The van der Waals surface area contributed by atoms with E-state index in [1.54, 1.807) is 7.11 Å². The number of aromatic nitrogens is 1. The lowest BCUT2D eigenvalue weighted by Crippen LogP contribution is -2.37. The molecule has 0 radical (unpaired) electrons. The number of amides is 2. The van der Waals surface area contributed by atoms with Gasteiger partial charge in [0.1, 0.15) is 5.75 Å². The summed E-state index contributed by atoms with van der Waals surface area (Å²) >= 11 is 0. The molecule has 0 saturated carbocycles. The molecule has 0 spiro atoms. The molecule has 2 aromatic rings. The van der Waals surface area contributed by atoms with E-state index >= 15 is 0 Å². The third-order valence-corrected chi connectivity index (χ3v) is 4.98. The number of nitrogens with zero attached hydrogens (tertiary/aromatic N) is 3. The smallest absolute Gasteiger partial charge is 0.255 e. The number of hydrogen-bond donors (Lipinski definition) is 0. The lowest BCUT2D eigenvalue weighted by molar-refractivity contribution is -0.131. The van der Waals surface area contributed by atoms with E-state index < -0.39 is 0 Å². The molecule has 2 heterocycles. The molecule has 1 aliphatic heterocycles. The highest BCUT2D eigenvalue weighted by Crippen LogP contribution is 2.15. The Morgan fingerprint density at radius 1 is 1.07 bits per heavy atom. The van der Waals surface area contributed by atoms with Crippen LogP contribution in [0.15, 0.2) is 42.7 Å². The van der Waals surface area contributed by atoms with Gasteiger partial charge >= 0.3 is 0 Å². The van der Waals surface area contributed by atoms with Gasteiger partial charge in [0.05, 0.1) is 12.7 Å². The van der Waals surface area contributed by atoms with Crippen LogP contribution in [0, 0.1) is 0 Å². The van der Waals surface area contributed by atoms with Crippen LogP contribution in [0.2, 0.25) is 0 Å². The highest BCUT2D eigenvalue weighted by molar-refractivity contribution is 5.94. The maximum atomic E-state index is 12.6. The largest absolute Gasteiger partial charge is 0.497 e. The molecule has 0 unspecified atom stereocenters. The summed E-state index contributed by atoms with van der Waals surface area (Å²) < 4.78 is 7.11. The minimum Gasteiger partial charge on any atom is -0.497 e. The number of benzene rings is 1. The lowest BCUT2D eigenvalue weighted by Gasteiger charge is -2.22. The number of hydrogen-bond acceptors (Lipinski definition) is 3. The van der Waals surface area contributed by atoms with Crippen molar-refractivity contribution in [1.29, 1.82) is 0 Å². The van der Waals surface area contributed by atoms with Crippen molar-refractivity contribution in [3.63, 3.8) is 0 Å². The molecule has 1 aliphatic rings. The second-order valence-corrected chi connectivity index (χ2v) is 6.94. The van der Waals surface area contributed by atoms with Crippen LogP contribution in [0.1, 0.15) is 28.8 Å². The Morgan fingerprint density at radius 3 is 2.59 bits per heavy atom. The van der Waals surface area contributed by atoms with Gasteiger partial charge in [-0.1, -0.05) is 12.1 Å². The van der Waals surface area contributed by atoms with Crippen molar-refractivity contribution >= 4 is 11.8 Å². The molecule has 1 saturated heterocycles. The van der Waals surface area contributed by atoms with Crippen molar-refractivity contribution in [3.8, 4) is 5.75 Å². The van der Waals surface area contributed by atoms with E-state index in [-0.39, 0.29) is 11.8 Å². The van der Waals surface area contributed by atoms with Crippen LogP contribution in [0.3, 0.4) is 0 Å². The molecular formula is C21H27N3O3. The zero-order valence-electron chi connectivity index (χ0n) is 16.1. The van der Waals surface area contributed by atoms with Crippen molar-refractivity contribution in [2.45, 2.75) is 19.3 Å². The number of methoxy groups -OCH3 is 1. The van der Waals surface area contributed by atoms with Gasteiger partial charge in [-0.3, -0.25) is 9.59 Å². The van der Waals surface area contributed by atoms with Crippen LogP contribution in [-0.2, 0) is 18.3 Å². The molecule has 0 N–H and O–H groups in total. The minimum atomic E-state index is 0.0429. The minimum absolute atomic E-state index is 0.0429. The summed E-state index contributed by atoms with van der Waals surface area (Å²) in [5.41, 5.74) is 1.80. The van der Waals surface area contributed by atoms with Crippen molar-refractivity contribution in [3.05, 3.63) is 53.9 Å². The summed E-state index contributed by atoms with van der Waals surface area (Å²) in [5, 5.41) is 0. The fourth-order valence-electron chi connectivity index (χ4n) is 3.42. The Morgan fingerprint density at radius 2 is 1.85 bits per heavy atom. The van der Waals surface area contributed by atoms with Crippen LogP contribution in [-0.4, -0.2) is 59.5 Å². The monoisotopic (exact) mass is 369 g/mol. The Bertz CT molecular complexity index is 799. The van der Waals surface area contributed by atoms with Gasteiger partial charge in [-0.2, -0.15) is 0 Å². The third kappa shape index (κ3) is 4.90. The normalized spacial score (nSPS) is 14.7. The molecule has 0 bridgehead atoms. The summed E-state index contributed by atoms with van der Waals surface area (Å²) in [4.78, 5) is 29.0. The molecular weight excluding hydrogens is 342 g/mol. The average Bonchev–Trinajstić information content (AvgIpc) is 2.97. The molecule has 6 nitrogen and oxygen atoms in total. The maximum absolute atomic E-state index is 12.6. The summed E-state index contributed by atoms with van der Waals surface area (Å²) in [6.45, 7) is 2.57. The number of carbonyl (C=O) groups is 2. The molecule has 3 rings (SSSR count). The molecule has 0 aliphatic carbocycles. The van der Waals surface area contributed by atoms with E-state index in [2.05, 4.69) is 0 Å². The number of aryl methyl sites for hydroxylation is 2. The first-order valence-corrected chi connectivity index (χ1v) is 9.39. The summed E-state index contributed by atoms with van der Waals surface area (Å²) in [6.07, 6.45) is 5.69. The highest BCUT2D eigenvalue weighted by atomic mass is 16.5. The van der Waals surface area contributed by atoms with Gasteiger partial charge in [0.25, 0.3) is 5.91 Å². The van der Waals surface area contributed by atoms with Gasteiger partial charge < -0.3 is 19.1 Å². The van der Waals surface area contributed by atoms with Gasteiger partial charge in [0.15, 0.2) is 0 Å². The van der Waals surface area contributed by atoms with Gasteiger partial charge in [-0.05, 0) is 36.6 Å². The summed E-state index contributed by atoms with van der Waals surface area (Å²) in [7, 11) is 3.55. The molecule has 1 aromatic carbocycles. The van der Waals surface area contributed by atoms with E-state index in [0.29, 0.717) is 44.6 Å². The second kappa shape index (κ2) is 8.75. The van der Waals surface area contributed by atoms with E-state index in [9.17, 15) is 9.59 Å². The van der Waals surface area contributed by atoms with Crippen molar-refractivity contribution in [2.75, 3.05) is 33.3 Å². The molecule has 6 heteroatoms. The Kier molecular flexibility index (Phi) is 6.16. The highest BCUT2D eigenvalue weighted by Gasteiger charge is 2.23. The molecule has 2 amide bonds. The predicted octanol–water partition coefficient (Wildman–Crippen LogP) is 2.34. The van der Waals surface area contributed by atoms with Gasteiger partial charge in [0.2, 0.25) is 5.91 Å². The lowest BCUT2D eigenvalue weighted by atomic mass is 10.1. The van der Waals surface area contributed by atoms with E-state index in [1.165, 1.54) is 0 Å². The van der Waals surface area contributed by atoms with Crippen LogP contribution < -0.4 is 4.74 Å². The Labute approximate surface area is 160 Å². The zero-order chi connectivity index (χ0) is 19.2. The maximum Gasteiger partial charge on any atom is 0.255 e. The van der Waals surface area contributed by atoms with Gasteiger partial charge in [-0.25, -0.2) is 0 Å². The fourth-order valence-corrected chi connectivity index (χ4v) is 3.42. The SMILES string of the molecule is COc1cccc(CCC(=O)N2CCCN(C(=O)c3ccn(C)c3)CC2)c1. The molecule has 1 fully saturated rings. The van der Waals surface area contributed by atoms with Gasteiger partial charge in [0, 0.05) is 52.0 Å². The molecule has 144 valence electrons. The summed E-state index contributed by atoms with van der Waals surface area (Å²) in [5.74, 6) is 0.998. The van der Waals surface area contributed by atoms with Crippen LogP contribution in [0.25, 0.3) is 0 Å². The topological polar surface area (TPSA) is 54.8 Å². The van der Waals surface area contributed by atoms with Crippen molar-refractivity contribution < 1.29 is 14.3 Å². The molecule has 0 atom stereocenters. The first-order valence-electron chi connectivity index (χ1n) is 9.39. The molecule has 1 aromatic heterocycles. The van der Waals surface area contributed by atoms with Crippen molar-refractivity contribution in [1.82, 2.24) is 14.4 Å².